The lowest BCUT2D eigenvalue weighted by Crippen LogP contribution is -2.31. The van der Waals surface area contributed by atoms with Crippen LogP contribution in [0, 0.1) is 0 Å². The number of nitrogens with one attached hydrogen (secondary N) is 1. The largest absolute Gasteiger partial charge is 0.449 e. The summed E-state index contributed by atoms with van der Waals surface area (Å²) in [5, 5.41) is 2.62. The zero-order chi connectivity index (χ0) is 14.9. The molecule has 0 fully saturated rings. The molecule has 0 unspecified atom stereocenters. The molecule has 0 bridgehead atoms. The average molecular weight is 287 g/mol. The molecular formula is C13H12F3NO3. The van der Waals surface area contributed by atoms with E-state index in [1.807, 2.05) is 0 Å². The van der Waals surface area contributed by atoms with Crippen LogP contribution >= 0.6 is 0 Å². The van der Waals surface area contributed by atoms with Crippen molar-refractivity contribution in [2.24, 2.45) is 0 Å². The van der Waals surface area contributed by atoms with Crippen molar-refractivity contribution >= 4 is 17.6 Å². The van der Waals surface area contributed by atoms with Crippen LogP contribution in [0.3, 0.4) is 0 Å². The summed E-state index contributed by atoms with van der Waals surface area (Å²) in [6.07, 6.45) is -6.02. The van der Waals surface area contributed by atoms with E-state index in [1.165, 1.54) is 18.2 Å². The number of aryl methyl sites for hydroxylation is 1. The Kier molecular flexibility index (Phi) is 3.69. The molecule has 4 nitrogen and oxygen atoms in total. The van der Waals surface area contributed by atoms with Crippen molar-refractivity contribution < 1.29 is 27.5 Å². The van der Waals surface area contributed by atoms with E-state index < -0.39 is 18.2 Å². The molecule has 0 saturated carbocycles. The molecule has 1 N–H and O–H groups in total. The Morgan fingerprint density at radius 2 is 2.05 bits per heavy atom. The molecule has 1 heterocycles. The van der Waals surface area contributed by atoms with Crippen molar-refractivity contribution in [3.05, 3.63) is 29.3 Å². The molecule has 0 aliphatic carbocycles. The number of hydrogen-bond donors (Lipinski definition) is 1. The van der Waals surface area contributed by atoms with Crippen molar-refractivity contribution in [3.63, 3.8) is 0 Å². The van der Waals surface area contributed by atoms with Gasteiger partial charge in [0.1, 0.15) is 0 Å². The van der Waals surface area contributed by atoms with E-state index in [4.69, 9.17) is 0 Å². The number of carbonyl (C=O) groups is 2. The fourth-order valence-electron chi connectivity index (χ4n) is 1.81. The zero-order valence-electron chi connectivity index (χ0n) is 10.6. The van der Waals surface area contributed by atoms with Crippen LogP contribution in [0.25, 0.3) is 0 Å². The minimum atomic E-state index is -4.59. The van der Waals surface area contributed by atoms with Crippen molar-refractivity contribution in [3.8, 4) is 0 Å². The SMILES string of the molecule is C[C@H](OC(=O)c1ccc2c(c1)CCC(=O)N2)C(F)(F)F. The van der Waals surface area contributed by atoms with Gasteiger partial charge in [-0.15, -0.1) is 0 Å². The smallest absolute Gasteiger partial charge is 0.425 e. The summed E-state index contributed by atoms with van der Waals surface area (Å²) in [4.78, 5) is 22.8. The van der Waals surface area contributed by atoms with Crippen LogP contribution in [0.4, 0.5) is 18.9 Å². The van der Waals surface area contributed by atoms with E-state index in [1.54, 1.807) is 0 Å². The third-order valence-corrected chi connectivity index (χ3v) is 2.98. The second-order valence-corrected chi connectivity index (χ2v) is 4.51. The van der Waals surface area contributed by atoms with Crippen LogP contribution in [0.2, 0.25) is 0 Å². The van der Waals surface area contributed by atoms with E-state index in [2.05, 4.69) is 10.1 Å². The van der Waals surface area contributed by atoms with Gasteiger partial charge in [0.15, 0.2) is 6.10 Å². The van der Waals surface area contributed by atoms with Gasteiger partial charge in [-0.2, -0.15) is 13.2 Å². The van der Waals surface area contributed by atoms with Crippen LogP contribution < -0.4 is 5.32 Å². The summed E-state index contributed by atoms with van der Waals surface area (Å²) in [6, 6.07) is 4.26. The van der Waals surface area contributed by atoms with Gasteiger partial charge in [0.2, 0.25) is 5.91 Å². The minimum Gasteiger partial charge on any atom is -0.449 e. The molecule has 0 spiro atoms. The molecule has 20 heavy (non-hydrogen) atoms. The summed E-state index contributed by atoms with van der Waals surface area (Å²) < 4.78 is 41.3. The van der Waals surface area contributed by atoms with Crippen LogP contribution in [0.5, 0.6) is 0 Å². The summed E-state index contributed by atoms with van der Waals surface area (Å²) in [5.41, 5.74) is 1.32. The summed E-state index contributed by atoms with van der Waals surface area (Å²) in [7, 11) is 0. The van der Waals surface area contributed by atoms with E-state index in [-0.39, 0.29) is 17.9 Å². The number of rotatable bonds is 2. The third kappa shape index (κ3) is 3.09. The van der Waals surface area contributed by atoms with Crippen LogP contribution in [0.1, 0.15) is 29.3 Å². The fraction of sp³-hybridized carbons (Fsp3) is 0.385. The quantitative estimate of drug-likeness (QED) is 0.851. The third-order valence-electron chi connectivity index (χ3n) is 2.98. The Balaban J connectivity index is 2.14. The predicted octanol–water partition coefficient (Wildman–Crippen LogP) is 2.68. The standard InChI is InChI=1S/C13H12F3NO3/c1-7(13(14,15)16)20-12(19)9-2-4-10-8(6-9)3-5-11(18)17-10/h2,4,6-7H,3,5H2,1H3,(H,17,18)/t7-/m0/s1. The number of alkyl halides is 3. The Morgan fingerprint density at radius 3 is 2.70 bits per heavy atom. The molecule has 1 aromatic carbocycles. The molecule has 1 aromatic rings. The lowest BCUT2D eigenvalue weighted by Gasteiger charge is -2.19. The summed E-state index contributed by atoms with van der Waals surface area (Å²) in [6.45, 7) is 0.774. The van der Waals surface area contributed by atoms with Gasteiger partial charge in [0.25, 0.3) is 0 Å². The van der Waals surface area contributed by atoms with Crippen molar-refractivity contribution in [1.29, 1.82) is 0 Å². The van der Waals surface area contributed by atoms with Gasteiger partial charge in [-0.05, 0) is 37.1 Å². The van der Waals surface area contributed by atoms with Crippen LogP contribution in [-0.4, -0.2) is 24.2 Å². The van der Waals surface area contributed by atoms with Gasteiger partial charge >= 0.3 is 12.1 Å². The van der Waals surface area contributed by atoms with E-state index in [0.29, 0.717) is 17.7 Å². The molecule has 1 atom stereocenters. The van der Waals surface area contributed by atoms with E-state index in [0.717, 1.165) is 6.92 Å². The second-order valence-electron chi connectivity index (χ2n) is 4.51. The first kappa shape index (κ1) is 14.4. The Hall–Kier alpha value is -2.05. The maximum atomic E-state index is 12.3. The van der Waals surface area contributed by atoms with Gasteiger partial charge in [-0.1, -0.05) is 0 Å². The molecule has 2 rings (SSSR count). The van der Waals surface area contributed by atoms with Gasteiger partial charge in [-0.3, -0.25) is 4.79 Å². The lowest BCUT2D eigenvalue weighted by atomic mass is 10.0. The number of amides is 1. The highest BCUT2D eigenvalue weighted by Crippen LogP contribution is 2.26. The number of esters is 1. The first-order chi connectivity index (χ1) is 9.27. The first-order valence-corrected chi connectivity index (χ1v) is 5.98. The van der Waals surface area contributed by atoms with E-state index >= 15 is 0 Å². The Labute approximate surface area is 112 Å². The average Bonchev–Trinajstić information content (AvgIpc) is 2.36. The fourth-order valence-corrected chi connectivity index (χ4v) is 1.81. The highest BCUT2D eigenvalue weighted by atomic mass is 19.4. The molecule has 0 radical (unpaired) electrons. The molecule has 1 amide bonds. The van der Waals surface area contributed by atoms with Crippen molar-refractivity contribution in [2.75, 3.05) is 5.32 Å². The number of fused-ring (bicyclic) bond motifs is 1. The number of benzene rings is 1. The number of halogens is 3. The number of hydrogen-bond acceptors (Lipinski definition) is 3. The van der Waals surface area contributed by atoms with Crippen LogP contribution in [-0.2, 0) is 16.0 Å². The Morgan fingerprint density at radius 1 is 1.35 bits per heavy atom. The summed E-state index contributed by atoms with van der Waals surface area (Å²) >= 11 is 0. The highest BCUT2D eigenvalue weighted by Gasteiger charge is 2.39. The van der Waals surface area contributed by atoms with Crippen molar-refractivity contribution in [2.45, 2.75) is 32.0 Å². The first-order valence-electron chi connectivity index (χ1n) is 5.98. The number of carbonyl (C=O) groups excluding carboxylic acids is 2. The number of ether oxygens (including phenoxy) is 1. The normalized spacial score (nSPS) is 16.1. The predicted molar refractivity (Wildman–Crippen MR) is 64.3 cm³/mol. The van der Waals surface area contributed by atoms with Gasteiger partial charge < -0.3 is 10.1 Å². The molecule has 108 valence electrons. The molecule has 0 aromatic heterocycles. The van der Waals surface area contributed by atoms with Crippen LogP contribution in [0.15, 0.2) is 18.2 Å². The van der Waals surface area contributed by atoms with E-state index in [9.17, 15) is 22.8 Å². The maximum Gasteiger partial charge on any atom is 0.425 e. The summed E-state index contributed by atoms with van der Waals surface area (Å²) in [5.74, 6) is -1.16. The van der Waals surface area contributed by atoms with Gasteiger partial charge in [-0.25, -0.2) is 4.79 Å². The molecule has 0 saturated heterocycles. The second kappa shape index (κ2) is 5.15. The molecular weight excluding hydrogens is 275 g/mol. The number of anilines is 1. The monoisotopic (exact) mass is 287 g/mol. The van der Waals surface area contributed by atoms with Gasteiger partial charge in [0.05, 0.1) is 5.56 Å². The highest BCUT2D eigenvalue weighted by molar-refractivity contribution is 5.96. The topological polar surface area (TPSA) is 55.4 Å². The lowest BCUT2D eigenvalue weighted by molar-refractivity contribution is -0.198. The molecule has 1 aliphatic rings. The zero-order valence-corrected chi connectivity index (χ0v) is 10.6. The molecule has 1 aliphatic heterocycles. The maximum absolute atomic E-state index is 12.3. The van der Waals surface area contributed by atoms with Gasteiger partial charge in [0, 0.05) is 12.1 Å². The minimum absolute atomic E-state index is 0.0380. The van der Waals surface area contributed by atoms with Crippen molar-refractivity contribution in [1.82, 2.24) is 0 Å². The molecule has 7 heteroatoms. The Bertz CT molecular complexity index is 554.